The van der Waals surface area contributed by atoms with Crippen molar-refractivity contribution in [1.29, 1.82) is 0 Å². The lowest BCUT2D eigenvalue weighted by atomic mass is 9.95. The van der Waals surface area contributed by atoms with Gasteiger partial charge in [0.15, 0.2) is 0 Å². The van der Waals surface area contributed by atoms with Gasteiger partial charge in [-0.1, -0.05) is 18.2 Å². The molecule has 4 heteroatoms. The predicted molar refractivity (Wildman–Crippen MR) is 76.2 cm³/mol. The minimum absolute atomic E-state index is 0.576. The second kappa shape index (κ2) is 4.17. The Hall–Kier alpha value is -1.68. The highest BCUT2D eigenvalue weighted by Crippen LogP contribution is 2.37. The van der Waals surface area contributed by atoms with Crippen LogP contribution < -0.4 is 10.2 Å². The number of nitrogens with one attached hydrogen (secondary N) is 1. The third-order valence-corrected chi connectivity index (χ3v) is 4.77. The van der Waals surface area contributed by atoms with E-state index in [9.17, 15) is 0 Å². The standard InChI is InChI=1S/C15H18N4/c1-10-13-7-16-6-11(13)9-19(10)15-8-17-18-14-5-3-2-4-12(14)15/h2-5,8,10-11,13,16H,6-7,9H2,1H3. The molecule has 2 fully saturated rings. The van der Waals surface area contributed by atoms with Gasteiger partial charge in [-0.2, -0.15) is 10.2 Å². The highest BCUT2D eigenvalue weighted by atomic mass is 15.2. The molecule has 98 valence electrons. The van der Waals surface area contributed by atoms with Crippen LogP contribution in [-0.4, -0.2) is 35.9 Å². The summed E-state index contributed by atoms with van der Waals surface area (Å²) in [6, 6.07) is 8.87. The number of anilines is 1. The molecule has 0 spiro atoms. The number of nitrogens with zero attached hydrogens (tertiary/aromatic N) is 3. The molecule has 0 radical (unpaired) electrons. The molecule has 0 saturated carbocycles. The van der Waals surface area contributed by atoms with Crippen LogP contribution >= 0.6 is 0 Å². The summed E-state index contributed by atoms with van der Waals surface area (Å²) in [5.41, 5.74) is 2.23. The zero-order chi connectivity index (χ0) is 12.8. The van der Waals surface area contributed by atoms with Crippen LogP contribution in [0, 0.1) is 11.8 Å². The van der Waals surface area contributed by atoms with Crippen LogP contribution in [-0.2, 0) is 0 Å². The Balaban J connectivity index is 1.79. The van der Waals surface area contributed by atoms with E-state index in [1.807, 2.05) is 18.3 Å². The molecule has 2 aromatic rings. The Morgan fingerprint density at radius 1 is 1.26 bits per heavy atom. The summed E-state index contributed by atoms with van der Waals surface area (Å²) in [7, 11) is 0. The van der Waals surface area contributed by atoms with Gasteiger partial charge in [-0.15, -0.1) is 0 Å². The maximum absolute atomic E-state index is 4.22. The van der Waals surface area contributed by atoms with Crippen LogP contribution in [0.1, 0.15) is 6.92 Å². The lowest BCUT2D eigenvalue weighted by Gasteiger charge is -2.27. The highest BCUT2D eigenvalue weighted by molar-refractivity contribution is 5.91. The Morgan fingerprint density at radius 2 is 2.16 bits per heavy atom. The molecule has 3 atom stereocenters. The normalized spacial score (nSPS) is 29.9. The van der Waals surface area contributed by atoms with Gasteiger partial charge in [0.2, 0.25) is 0 Å². The summed E-state index contributed by atoms with van der Waals surface area (Å²) in [6.45, 7) is 5.78. The largest absolute Gasteiger partial charge is 0.366 e. The zero-order valence-corrected chi connectivity index (χ0v) is 11.1. The molecule has 2 saturated heterocycles. The summed E-state index contributed by atoms with van der Waals surface area (Å²) in [4.78, 5) is 2.52. The minimum Gasteiger partial charge on any atom is -0.366 e. The van der Waals surface area contributed by atoms with Gasteiger partial charge in [0.1, 0.15) is 0 Å². The molecule has 1 N–H and O–H groups in total. The van der Waals surface area contributed by atoms with E-state index in [1.54, 1.807) is 0 Å². The Bertz CT molecular complexity index is 607. The number of hydrogen-bond donors (Lipinski definition) is 1. The number of benzene rings is 1. The molecule has 19 heavy (non-hydrogen) atoms. The molecule has 0 bridgehead atoms. The van der Waals surface area contributed by atoms with Gasteiger partial charge in [0, 0.05) is 31.1 Å². The fourth-order valence-corrected chi connectivity index (χ4v) is 3.71. The molecule has 3 heterocycles. The quantitative estimate of drug-likeness (QED) is 0.840. The van der Waals surface area contributed by atoms with Gasteiger partial charge in [-0.3, -0.25) is 0 Å². The SMILES string of the molecule is CC1C2CNCC2CN1c1cnnc2ccccc12. The molecule has 2 aliphatic heterocycles. The van der Waals surface area contributed by atoms with Gasteiger partial charge in [-0.05, 0) is 24.8 Å². The van der Waals surface area contributed by atoms with Crippen LogP contribution in [0.25, 0.3) is 10.9 Å². The first-order valence-corrected chi connectivity index (χ1v) is 7.02. The third-order valence-electron chi connectivity index (χ3n) is 4.77. The number of hydrogen-bond acceptors (Lipinski definition) is 4. The number of fused-ring (bicyclic) bond motifs is 2. The zero-order valence-electron chi connectivity index (χ0n) is 11.1. The van der Waals surface area contributed by atoms with Crippen LogP contribution in [0.2, 0.25) is 0 Å². The van der Waals surface area contributed by atoms with E-state index >= 15 is 0 Å². The van der Waals surface area contributed by atoms with Crippen LogP contribution in [0.4, 0.5) is 5.69 Å². The molecule has 1 aromatic heterocycles. The third kappa shape index (κ3) is 1.63. The van der Waals surface area contributed by atoms with Gasteiger partial charge in [0.25, 0.3) is 0 Å². The van der Waals surface area contributed by atoms with Crippen molar-refractivity contribution in [2.45, 2.75) is 13.0 Å². The fourth-order valence-electron chi connectivity index (χ4n) is 3.71. The van der Waals surface area contributed by atoms with E-state index in [-0.39, 0.29) is 0 Å². The summed E-state index contributed by atoms with van der Waals surface area (Å²) in [6.07, 6.45) is 1.92. The lowest BCUT2D eigenvalue weighted by Crippen LogP contribution is -2.33. The molecule has 4 nitrogen and oxygen atoms in total. The van der Waals surface area contributed by atoms with Crippen molar-refractivity contribution in [3.05, 3.63) is 30.5 Å². The van der Waals surface area contributed by atoms with E-state index in [2.05, 4.69) is 39.5 Å². The maximum atomic E-state index is 4.22. The van der Waals surface area contributed by atoms with Crippen LogP contribution in [0.3, 0.4) is 0 Å². The molecule has 2 aliphatic rings. The minimum atomic E-state index is 0.576. The molecule has 0 amide bonds. The number of aromatic nitrogens is 2. The topological polar surface area (TPSA) is 41.0 Å². The lowest BCUT2D eigenvalue weighted by molar-refractivity contribution is 0.471. The highest BCUT2D eigenvalue weighted by Gasteiger charge is 2.42. The Labute approximate surface area is 112 Å². The molecular weight excluding hydrogens is 236 g/mol. The van der Waals surface area contributed by atoms with E-state index in [1.165, 1.54) is 11.1 Å². The molecule has 3 unspecified atom stereocenters. The summed E-state index contributed by atoms with van der Waals surface area (Å²) in [5, 5.41) is 13.1. The second-order valence-electron chi connectivity index (χ2n) is 5.72. The van der Waals surface area contributed by atoms with Crippen molar-refractivity contribution >= 4 is 16.6 Å². The first-order chi connectivity index (χ1) is 9.34. The van der Waals surface area contributed by atoms with Crippen molar-refractivity contribution < 1.29 is 0 Å². The summed E-state index contributed by atoms with van der Waals surface area (Å²) >= 11 is 0. The maximum Gasteiger partial charge on any atom is 0.0950 e. The van der Waals surface area contributed by atoms with Crippen molar-refractivity contribution in [3.63, 3.8) is 0 Å². The van der Waals surface area contributed by atoms with E-state index in [0.717, 1.165) is 37.0 Å². The predicted octanol–water partition coefficient (Wildman–Crippen LogP) is 1.67. The van der Waals surface area contributed by atoms with Crippen LogP contribution in [0.5, 0.6) is 0 Å². The van der Waals surface area contributed by atoms with E-state index in [0.29, 0.717) is 6.04 Å². The molecular formula is C15H18N4. The van der Waals surface area contributed by atoms with Crippen molar-refractivity contribution in [1.82, 2.24) is 15.5 Å². The Morgan fingerprint density at radius 3 is 3.05 bits per heavy atom. The summed E-state index contributed by atoms with van der Waals surface area (Å²) < 4.78 is 0. The Kier molecular flexibility index (Phi) is 2.45. The first kappa shape index (κ1) is 11.2. The average molecular weight is 254 g/mol. The molecule has 4 rings (SSSR count). The van der Waals surface area contributed by atoms with Gasteiger partial charge in [-0.25, -0.2) is 0 Å². The number of rotatable bonds is 1. The van der Waals surface area contributed by atoms with E-state index < -0.39 is 0 Å². The molecule has 0 aliphatic carbocycles. The van der Waals surface area contributed by atoms with Gasteiger partial charge >= 0.3 is 0 Å². The smallest absolute Gasteiger partial charge is 0.0950 e. The first-order valence-electron chi connectivity index (χ1n) is 7.02. The van der Waals surface area contributed by atoms with Gasteiger partial charge in [0.05, 0.1) is 17.4 Å². The average Bonchev–Trinajstić information content (AvgIpc) is 3.02. The molecule has 1 aromatic carbocycles. The second-order valence-corrected chi connectivity index (χ2v) is 5.72. The van der Waals surface area contributed by atoms with E-state index in [4.69, 9.17) is 0 Å². The van der Waals surface area contributed by atoms with Crippen molar-refractivity contribution in [2.75, 3.05) is 24.5 Å². The van der Waals surface area contributed by atoms with Crippen molar-refractivity contribution in [3.8, 4) is 0 Å². The van der Waals surface area contributed by atoms with Gasteiger partial charge < -0.3 is 10.2 Å². The van der Waals surface area contributed by atoms with Crippen LogP contribution in [0.15, 0.2) is 30.5 Å². The fraction of sp³-hybridized carbons (Fsp3) is 0.467. The van der Waals surface area contributed by atoms with Crippen molar-refractivity contribution in [2.24, 2.45) is 11.8 Å². The monoisotopic (exact) mass is 254 g/mol. The summed E-state index contributed by atoms with van der Waals surface area (Å²) in [5.74, 6) is 1.55.